The number of nitrogens with one attached hydrogen (secondary N) is 1. The maximum atomic E-state index is 12.9. The van der Waals surface area contributed by atoms with Crippen molar-refractivity contribution in [2.75, 3.05) is 31.9 Å². The summed E-state index contributed by atoms with van der Waals surface area (Å²) >= 11 is 6.22. The van der Waals surface area contributed by atoms with E-state index in [1.807, 2.05) is 5.10 Å². The lowest BCUT2D eigenvalue weighted by Gasteiger charge is -2.26. The van der Waals surface area contributed by atoms with Crippen LogP contribution in [0.15, 0.2) is 24.3 Å². The Morgan fingerprint density at radius 2 is 2.04 bits per heavy atom. The van der Waals surface area contributed by atoms with Gasteiger partial charge in [-0.2, -0.15) is 18.3 Å². The lowest BCUT2D eigenvalue weighted by Crippen LogP contribution is -2.38. The monoisotopic (exact) mass is 415 g/mol. The number of hydrogen-bond donors (Lipinski definition) is 2. The van der Waals surface area contributed by atoms with E-state index in [1.54, 1.807) is 18.2 Å². The fraction of sp³-hybridized carbons (Fsp3) is 0.444. The number of H-pyrrole nitrogens is 1. The largest absolute Gasteiger partial charge is 0.432 e. The lowest BCUT2D eigenvalue weighted by molar-refractivity contribution is -0.141. The SMILES string of the molecule is Nc1cccc(Cl)c1CN(CCN1CCCC1)C(=O)c1cc(C(F)(F)F)[nH]n1. The number of nitrogens with zero attached hydrogens (tertiary/aromatic N) is 3. The molecule has 3 rings (SSSR count). The molecule has 0 spiro atoms. The van der Waals surface area contributed by atoms with E-state index < -0.39 is 17.8 Å². The summed E-state index contributed by atoms with van der Waals surface area (Å²) in [6, 6.07) is 5.75. The second kappa shape index (κ2) is 8.40. The number of benzene rings is 1. The van der Waals surface area contributed by atoms with Gasteiger partial charge in [-0.05, 0) is 38.1 Å². The Morgan fingerprint density at radius 3 is 2.64 bits per heavy atom. The molecule has 0 saturated carbocycles. The van der Waals surface area contributed by atoms with E-state index in [9.17, 15) is 18.0 Å². The smallest absolute Gasteiger partial charge is 0.398 e. The van der Waals surface area contributed by atoms with Crippen molar-refractivity contribution in [2.24, 2.45) is 0 Å². The highest BCUT2D eigenvalue weighted by molar-refractivity contribution is 6.31. The highest BCUT2D eigenvalue weighted by Gasteiger charge is 2.34. The van der Waals surface area contributed by atoms with Crippen LogP contribution in [0.5, 0.6) is 0 Å². The minimum Gasteiger partial charge on any atom is -0.398 e. The minimum atomic E-state index is -4.60. The Morgan fingerprint density at radius 1 is 1.32 bits per heavy atom. The van der Waals surface area contributed by atoms with E-state index in [-0.39, 0.29) is 12.2 Å². The van der Waals surface area contributed by atoms with Crippen LogP contribution in [0.2, 0.25) is 5.02 Å². The van der Waals surface area contributed by atoms with Gasteiger partial charge in [-0.25, -0.2) is 0 Å². The number of rotatable bonds is 6. The summed E-state index contributed by atoms with van der Waals surface area (Å²) in [5.41, 5.74) is 5.61. The van der Waals surface area contributed by atoms with Crippen molar-refractivity contribution in [3.63, 3.8) is 0 Å². The predicted octanol–water partition coefficient (Wildman–Crippen LogP) is 3.40. The van der Waals surface area contributed by atoms with Crippen LogP contribution in [0.25, 0.3) is 0 Å². The first-order valence-corrected chi connectivity index (χ1v) is 9.30. The highest BCUT2D eigenvalue weighted by Crippen LogP contribution is 2.28. The van der Waals surface area contributed by atoms with Gasteiger partial charge >= 0.3 is 6.18 Å². The van der Waals surface area contributed by atoms with Gasteiger partial charge < -0.3 is 15.5 Å². The van der Waals surface area contributed by atoms with Gasteiger partial charge in [0.1, 0.15) is 5.69 Å². The third-order valence-corrected chi connectivity index (χ3v) is 5.13. The number of aromatic nitrogens is 2. The molecule has 6 nitrogen and oxygen atoms in total. The Hall–Kier alpha value is -2.26. The fourth-order valence-corrected chi connectivity index (χ4v) is 3.43. The fourth-order valence-electron chi connectivity index (χ4n) is 3.19. The van der Waals surface area contributed by atoms with Crippen molar-refractivity contribution in [1.29, 1.82) is 0 Å². The first-order chi connectivity index (χ1) is 13.3. The first-order valence-electron chi connectivity index (χ1n) is 8.93. The second-order valence-electron chi connectivity index (χ2n) is 6.75. The van der Waals surface area contributed by atoms with Gasteiger partial charge in [0.15, 0.2) is 5.69 Å². The number of hydrogen-bond acceptors (Lipinski definition) is 4. The van der Waals surface area contributed by atoms with Crippen molar-refractivity contribution >= 4 is 23.2 Å². The third kappa shape index (κ3) is 4.77. The number of anilines is 1. The average molecular weight is 416 g/mol. The Labute approximate surface area is 165 Å². The Balaban J connectivity index is 1.82. The van der Waals surface area contributed by atoms with Crippen LogP contribution in [-0.2, 0) is 12.7 Å². The molecule has 1 saturated heterocycles. The number of alkyl halides is 3. The maximum Gasteiger partial charge on any atom is 0.432 e. The topological polar surface area (TPSA) is 78.2 Å². The van der Waals surface area contributed by atoms with Crippen LogP contribution < -0.4 is 5.73 Å². The zero-order valence-electron chi connectivity index (χ0n) is 15.1. The van der Waals surface area contributed by atoms with Crippen LogP contribution in [-0.4, -0.2) is 52.1 Å². The Kier molecular flexibility index (Phi) is 6.14. The number of carbonyl (C=O) groups excluding carboxylic acids is 1. The summed E-state index contributed by atoms with van der Waals surface area (Å²) in [7, 11) is 0. The van der Waals surface area contributed by atoms with Crippen LogP contribution in [0.3, 0.4) is 0 Å². The standard InChI is InChI=1S/C18H21ClF3N5O/c19-13-4-3-5-14(23)12(13)11-27(9-8-26-6-1-2-7-26)17(28)15-10-16(25-24-15)18(20,21)22/h3-5,10H,1-2,6-9,11,23H2,(H,24,25). The van der Waals surface area contributed by atoms with Gasteiger partial charge in [0.05, 0.1) is 0 Å². The molecule has 0 aliphatic carbocycles. The highest BCUT2D eigenvalue weighted by atomic mass is 35.5. The molecule has 152 valence electrons. The predicted molar refractivity (Wildman–Crippen MR) is 99.9 cm³/mol. The molecule has 1 aromatic carbocycles. The molecule has 0 radical (unpaired) electrons. The van der Waals surface area contributed by atoms with Crippen LogP contribution >= 0.6 is 11.6 Å². The molecule has 10 heteroatoms. The molecule has 0 atom stereocenters. The summed E-state index contributed by atoms with van der Waals surface area (Å²) in [5.74, 6) is -0.606. The summed E-state index contributed by atoms with van der Waals surface area (Å²) in [5, 5.41) is 5.84. The molecule has 0 bridgehead atoms. The molecular weight excluding hydrogens is 395 g/mol. The quantitative estimate of drug-likeness (QED) is 0.709. The molecule has 0 unspecified atom stereocenters. The number of nitrogens with two attached hydrogens (primary N) is 1. The van der Waals surface area contributed by atoms with E-state index >= 15 is 0 Å². The number of carbonyl (C=O) groups is 1. The first kappa shape index (κ1) is 20.5. The molecule has 1 fully saturated rings. The maximum absolute atomic E-state index is 12.9. The molecule has 1 aliphatic heterocycles. The van der Waals surface area contributed by atoms with Gasteiger partial charge in [-0.15, -0.1) is 0 Å². The van der Waals surface area contributed by atoms with E-state index in [0.29, 0.717) is 29.4 Å². The Bertz CT molecular complexity index is 813. The lowest BCUT2D eigenvalue weighted by atomic mass is 10.1. The normalized spacial score (nSPS) is 15.1. The third-order valence-electron chi connectivity index (χ3n) is 4.78. The van der Waals surface area contributed by atoms with Gasteiger partial charge in [0.2, 0.25) is 0 Å². The van der Waals surface area contributed by atoms with E-state index in [4.69, 9.17) is 17.3 Å². The van der Waals surface area contributed by atoms with Gasteiger partial charge in [-0.3, -0.25) is 9.89 Å². The van der Waals surface area contributed by atoms with Crippen LogP contribution in [0, 0.1) is 0 Å². The zero-order chi connectivity index (χ0) is 20.3. The molecule has 1 aliphatic rings. The minimum absolute atomic E-state index is 0.0897. The number of likely N-dealkylation sites (tertiary alicyclic amines) is 1. The number of amides is 1. The molecule has 1 amide bonds. The summed E-state index contributed by atoms with van der Waals surface area (Å²) < 4.78 is 38.5. The number of aromatic amines is 1. The van der Waals surface area contributed by atoms with Crippen molar-refractivity contribution < 1.29 is 18.0 Å². The number of nitrogen functional groups attached to an aromatic ring is 1. The molecule has 2 aromatic rings. The van der Waals surface area contributed by atoms with E-state index in [1.165, 1.54) is 4.90 Å². The molecular formula is C18H21ClF3N5O. The molecule has 1 aromatic heterocycles. The molecule has 28 heavy (non-hydrogen) atoms. The average Bonchev–Trinajstić information content (AvgIpc) is 3.31. The van der Waals surface area contributed by atoms with Crippen molar-refractivity contribution in [1.82, 2.24) is 20.0 Å². The summed E-state index contributed by atoms with van der Waals surface area (Å²) in [6.45, 7) is 2.92. The molecule has 3 N–H and O–H groups in total. The number of halogens is 4. The van der Waals surface area contributed by atoms with Gasteiger partial charge in [0.25, 0.3) is 5.91 Å². The van der Waals surface area contributed by atoms with Crippen LogP contribution in [0.4, 0.5) is 18.9 Å². The van der Waals surface area contributed by atoms with Crippen molar-refractivity contribution in [3.8, 4) is 0 Å². The van der Waals surface area contributed by atoms with Gasteiger partial charge in [-0.1, -0.05) is 17.7 Å². The van der Waals surface area contributed by atoms with Gasteiger partial charge in [0, 0.05) is 42.0 Å². The van der Waals surface area contributed by atoms with Crippen molar-refractivity contribution in [2.45, 2.75) is 25.6 Å². The molecule has 2 heterocycles. The second-order valence-corrected chi connectivity index (χ2v) is 7.15. The zero-order valence-corrected chi connectivity index (χ0v) is 15.9. The summed E-state index contributed by atoms with van der Waals surface area (Å²) in [6.07, 6.45) is -2.40. The van der Waals surface area contributed by atoms with E-state index in [2.05, 4.69) is 10.00 Å². The van der Waals surface area contributed by atoms with E-state index in [0.717, 1.165) is 32.0 Å². The van der Waals surface area contributed by atoms with Crippen molar-refractivity contribution in [3.05, 3.63) is 46.2 Å². The van der Waals surface area contributed by atoms with Crippen LogP contribution in [0.1, 0.15) is 34.6 Å². The summed E-state index contributed by atoms with van der Waals surface area (Å²) in [4.78, 5) is 16.5.